The van der Waals surface area contributed by atoms with Crippen LogP contribution < -0.4 is 5.32 Å². The second-order valence-corrected chi connectivity index (χ2v) is 4.56. The largest absolute Gasteiger partial charge is 0.506 e. The van der Waals surface area contributed by atoms with Crippen LogP contribution in [-0.2, 0) is 6.18 Å². The molecule has 21 heavy (non-hydrogen) atoms. The molecule has 0 unspecified atom stereocenters. The quantitative estimate of drug-likeness (QED) is 0.286. The standard InChI is InChI=1S/C14H11F3N2OS/c1-8(2)12(20)11(7-18)13(21)19-10-5-3-4-9(6-10)14(15,16)17/h3-6,20H,1H2,2H3,(H,19,21). The molecular formula is C14H11F3N2OS. The van der Waals surface area contributed by atoms with Gasteiger partial charge in [0.25, 0.3) is 0 Å². The summed E-state index contributed by atoms with van der Waals surface area (Å²) in [6.07, 6.45) is -4.48. The number of rotatable bonds is 3. The van der Waals surface area contributed by atoms with E-state index in [1.165, 1.54) is 19.1 Å². The second-order valence-electron chi connectivity index (χ2n) is 4.15. The topological polar surface area (TPSA) is 56.0 Å². The zero-order valence-corrected chi connectivity index (χ0v) is 11.8. The predicted octanol–water partition coefficient (Wildman–Crippen LogP) is 4.36. The lowest BCUT2D eigenvalue weighted by Crippen LogP contribution is -2.14. The van der Waals surface area contributed by atoms with Crippen LogP contribution in [0, 0.1) is 11.3 Å². The number of anilines is 1. The van der Waals surface area contributed by atoms with Gasteiger partial charge >= 0.3 is 6.18 Å². The third-order valence-electron chi connectivity index (χ3n) is 2.43. The van der Waals surface area contributed by atoms with Gasteiger partial charge in [0.15, 0.2) is 0 Å². The van der Waals surface area contributed by atoms with E-state index in [0.717, 1.165) is 12.1 Å². The first kappa shape index (κ1) is 16.7. The van der Waals surface area contributed by atoms with Gasteiger partial charge in [-0.25, -0.2) is 0 Å². The van der Waals surface area contributed by atoms with Gasteiger partial charge in [0, 0.05) is 5.69 Å². The van der Waals surface area contributed by atoms with E-state index >= 15 is 0 Å². The Kier molecular flexibility index (Phi) is 5.11. The van der Waals surface area contributed by atoms with Crippen molar-refractivity contribution in [3.05, 3.63) is 53.3 Å². The minimum absolute atomic E-state index is 0.0668. The Morgan fingerprint density at radius 2 is 2.05 bits per heavy atom. The summed E-state index contributed by atoms with van der Waals surface area (Å²) in [4.78, 5) is -0.183. The number of nitriles is 1. The molecular weight excluding hydrogens is 301 g/mol. The van der Waals surface area contributed by atoms with Crippen molar-refractivity contribution in [2.75, 3.05) is 5.32 Å². The second kappa shape index (κ2) is 6.41. The summed E-state index contributed by atoms with van der Waals surface area (Å²) in [7, 11) is 0. The normalized spacial score (nSPS) is 12.1. The van der Waals surface area contributed by atoms with Gasteiger partial charge < -0.3 is 10.4 Å². The first-order valence-electron chi connectivity index (χ1n) is 5.64. The van der Waals surface area contributed by atoms with Crippen molar-refractivity contribution in [3.63, 3.8) is 0 Å². The molecule has 1 aromatic carbocycles. The molecule has 0 aromatic heterocycles. The molecule has 0 aliphatic rings. The molecule has 0 bridgehead atoms. The van der Waals surface area contributed by atoms with Crippen LogP contribution in [0.3, 0.4) is 0 Å². The highest BCUT2D eigenvalue weighted by Crippen LogP contribution is 2.30. The summed E-state index contributed by atoms with van der Waals surface area (Å²) in [5.41, 5.74) is -0.811. The number of alkyl halides is 3. The van der Waals surface area contributed by atoms with Crippen molar-refractivity contribution in [3.8, 4) is 6.07 Å². The number of halogens is 3. The highest BCUT2D eigenvalue weighted by molar-refractivity contribution is 7.81. The highest BCUT2D eigenvalue weighted by Gasteiger charge is 2.30. The number of aliphatic hydroxyl groups excluding tert-OH is 1. The average molecular weight is 312 g/mol. The van der Waals surface area contributed by atoms with E-state index in [2.05, 4.69) is 11.9 Å². The van der Waals surface area contributed by atoms with Crippen molar-refractivity contribution in [2.24, 2.45) is 0 Å². The van der Waals surface area contributed by atoms with Gasteiger partial charge in [0.05, 0.1) is 5.56 Å². The molecule has 0 saturated heterocycles. The lowest BCUT2D eigenvalue weighted by molar-refractivity contribution is -0.137. The lowest BCUT2D eigenvalue weighted by Gasteiger charge is -2.11. The van der Waals surface area contributed by atoms with Crippen molar-refractivity contribution >= 4 is 22.9 Å². The summed E-state index contributed by atoms with van der Waals surface area (Å²) in [6.45, 7) is 4.94. The molecule has 3 nitrogen and oxygen atoms in total. The first-order chi connectivity index (χ1) is 9.66. The Morgan fingerprint density at radius 1 is 1.43 bits per heavy atom. The van der Waals surface area contributed by atoms with E-state index < -0.39 is 17.5 Å². The van der Waals surface area contributed by atoms with Crippen molar-refractivity contribution in [2.45, 2.75) is 13.1 Å². The molecule has 0 atom stereocenters. The summed E-state index contributed by atoms with van der Waals surface area (Å²) in [5.74, 6) is -0.401. The SMILES string of the molecule is C=C(C)C(O)=C(C#N)C(=S)Nc1cccc(C(F)(F)F)c1. The van der Waals surface area contributed by atoms with E-state index in [1.807, 2.05) is 0 Å². The van der Waals surface area contributed by atoms with Crippen LogP contribution in [0.4, 0.5) is 18.9 Å². The number of aliphatic hydroxyl groups is 1. The van der Waals surface area contributed by atoms with Gasteiger partial charge in [0.1, 0.15) is 22.4 Å². The maximum atomic E-state index is 12.6. The van der Waals surface area contributed by atoms with Crippen LogP contribution in [0.1, 0.15) is 12.5 Å². The number of allylic oxidation sites excluding steroid dienone is 1. The smallest absolute Gasteiger partial charge is 0.416 e. The maximum absolute atomic E-state index is 12.6. The van der Waals surface area contributed by atoms with Gasteiger partial charge in [-0.05, 0) is 30.7 Å². The minimum Gasteiger partial charge on any atom is -0.506 e. The Morgan fingerprint density at radius 3 is 2.52 bits per heavy atom. The fourth-order valence-corrected chi connectivity index (χ4v) is 1.65. The monoisotopic (exact) mass is 312 g/mol. The minimum atomic E-state index is -4.48. The summed E-state index contributed by atoms with van der Waals surface area (Å²) in [5, 5.41) is 21.1. The van der Waals surface area contributed by atoms with E-state index in [1.54, 1.807) is 6.07 Å². The number of nitrogens with zero attached hydrogens (tertiary/aromatic N) is 1. The molecule has 0 saturated carbocycles. The predicted molar refractivity (Wildman–Crippen MR) is 77.7 cm³/mol. The van der Waals surface area contributed by atoms with Gasteiger partial charge in [-0.2, -0.15) is 18.4 Å². The molecule has 0 amide bonds. The van der Waals surface area contributed by atoms with Gasteiger partial charge in [-0.3, -0.25) is 0 Å². The molecule has 0 aliphatic carbocycles. The Bertz CT molecular complexity index is 657. The van der Waals surface area contributed by atoms with E-state index in [0.29, 0.717) is 0 Å². The van der Waals surface area contributed by atoms with Crippen molar-refractivity contribution in [1.82, 2.24) is 0 Å². The fourth-order valence-electron chi connectivity index (χ4n) is 1.39. The van der Waals surface area contributed by atoms with Gasteiger partial charge in [-0.1, -0.05) is 24.9 Å². The molecule has 0 fully saturated rings. The third-order valence-corrected chi connectivity index (χ3v) is 2.73. The highest BCUT2D eigenvalue weighted by atomic mass is 32.1. The fraction of sp³-hybridized carbons (Fsp3) is 0.143. The molecule has 0 spiro atoms. The molecule has 110 valence electrons. The zero-order valence-electron chi connectivity index (χ0n) is 11.0. The van der Waals surface area contributed by atoms with E-state index in [9.17, 15) is 18.3 Å². The molecule has 7 heteroatoms. The summed E-state index contributed by atoms with van der Waals surface area (Å²) >= 11 is 4.91. The van der Waals surface area contributed by atoms with E-state index in [-0.39, 0.29) is 21.8 Å². The number of benzene rings is 1. The first-order valence-corrected chi connectivity index (χ1v) is 6.05. The third kappa shape index (κ3) is 4.33. The zero-order chi connectivity index (χ0) is 16.2. The van der Waals surface area contributed by atoms with Crippen LogP contribution in [0.15, 0.2) is 47.7 Å². The van der Waals surface area contributed by atoms with Crippen LogP contribution >= 0.6 is 12.2 Å². The van der Waals surface area contributed by atoms with Gasteiger partial charge in [0.2, 0.25) is 0 Å². The average Bonchev–Trinajstić information content (AvgIpc) is 2.38. The van der Waals surface area contributed by atoms with Crippen LogP contribution in [0.5, 0.6) is 0 Å². The molecule has 0 aliphatic heterocycles. The molecule has 0 radical (unpaired) electrons. The lowest BCUT2D eigenvalue weighted by atomic mass is 10.1. The van der Waals surface area contributed by atoms with Crippen LogP contribution in [0.25, 0.3) is 0 Å². The number of hydrogen-bond donors (Lipinski definition) is 2. The molecule has 1 rings (SSSR count). The number of nitrogens with one attached hydrogen (secondary N) is 1. The molecule has 2 N–H and O–H groups in total. The number of hydrogen-bond acceptors (Lipinski definition) is 3. The van der Waals surface area contributed by atoms with E-state index in [4.69, 9.17) is 17.5 Å². The maximum Gasteiger partial charge on any atom is 0.416 e. The van der Waals surface area contributed by atoms with Crippen LogP contribution in [-0.4, -0.2) is 10.1 Å². The summed E-state index contributed by atoms with van der Waals surface area (Å²) < 4.78 is 37.8. The Hall–Kier alpha value is -2.33. The van der Waals surface area contributed by atoms with Gasteiger partial charge in [-0.15, -0.1) is 0 Å². The Labute approximate surface area is 125 Å². The summed E-state index contributed by atoms with van der Waals surface area (Å²) in [6, 6.07) is 6.05. The molecule has 1 aromatic rings. The number of thiocarbonyl (C=S) groups is 1. The van der Waals surface area contributed by atoms with Crippen molar-refractivity contribution < 1.29 is 18.3 Å². The van der Waals surface area contributed by atoms with Crippen molar-refractivity contribution in [1.29, 1.82) is 5.26 Å². The molecule has 0 heterocycles. The van der Waals surface area contributed by atoms with Crippen LogP contribution in [0.2, 0.25) is 0 Å². The Balaban J connectivity index is 3.07.